The van der Waals surface area contributed by atoms with Crippen molar-refractivity contribution >= 4 is 34.5 Å². The van der Waals surface area contributed by atoms with Gasteiger partial charge < -0.3 is 9.80 Å². The summed E-state index contributed by atoms with van der Waals surface area (Å²) in [5.74, 6) is 2.28. The summed E-state index contributed by atoms with van der Waals surface area (Å²) in [6, 6.07) is 30.5. The molecule has 0 aliphatic carbocycles. The minimum absolute atomic E-state index is 0.181. The zero-order chi connectivity index (χ0) is 26.4. The molecule has 3 heterocycles. The van der Waals surface area contributed by atoms with Crippen molar-refractivity contribution in [2.45, 2.75) is 17.7 Å². The second-order valence-corrected chi connectivity index (χ2v) is 10.6. The molecule has 0 atom stereocenters. The first-order chi connectivity index (χ1) is 19.2. The van der Waals surface area contributed by atoms with Crippen LogP contribution in [-0.2, 0) is 11.2 Å². The molecule has 6 rings (SSSR count). The van der Waals surface area contributed by atoms with Gasteiger partial charge in [-0.15, -0.1) is 11.8 Å². The van der Waals surface area contributed by atoms with Crippen LogP contribution in [0.1, 0.15) is 17.8 Å². The maximum Gasteiger partial charge on any atom is 0.232 e. The van der Waals surface area contributed by atoms with Crippen LogP contribution in [0.2, 0.25) is 0 Å². The third kappa shape index (κ3) is 5.81. The van der Waals surface area contributed by atoms with Crippen molar-refractivity contribution in [2.75, 3.05) is 36.8 Å². The van der Waals surface area contributed by atoms with Crippen molar-refractivity contribution < 1.29 is 4.79 Å². The van der Waals surface area contributed by atoms with Gasteiger partial charge in [0, 0.05) is 37.5 Å². The molecular weight excluding hydrogens is 504 g/mol. The van der Waals surface area contributed by atoms with E-state index >= 15 is 0 Å². The summed E-state index contributed by atoms with van der Waals surface area (Å²) in [5.41, 5.74) is 2.93. The highest BCUT2D eigenvalue weighted by molar-refractivity contribution is 8.00. The fraction of sp³-hybridized carbons (Fsp3) is 0.226. The molecule has 0 spiro atoms. The maximum absolute atomic E-state index is 13.0. The van der Waals surface area contributed by atoms with Crippen LogP contribution in [-0.4, -0.2) is 62.5 Å². The van der Waals surface area contributed by atoms with Gasteiger partial charge in [-0.2, -0.15) is 5.10 Å². The molecule has 196 valence electrons. The standard InChI is InChI=1S/C31H30N6OS/c38-29(23-39-26-15-8-3-9-16-26)35-17-10-18-36(20-19-35)30-27-22-32-37(25-13-6-2-7-14-25)31(27)34-28(33-30)21-24-11-4-1-5-12-24/h1-9,11-16,22H,10,17-21,23H2. The van der Waals surface area contributed by atoms with Crippen molar-refractivity contribution in [3.05, 3.63) is 109 Å². The number of anilines is 1. The van der Waals surface area contributed by atoms with Crippen LogP contribution in [0.3, 0.4) is 0 Å². The van der Waals surface area contributed by atoms with E-state index in [4.69, 9.17) is 15.1 Å². The van der Waals surface area contributed by atoms with Gasteiger partial charge in [-0.3, -0.25) is 4.79 Å². The van der Waals surface area contributed by atoms with Crippen molar-refractivity contribution in [1.29, 1.82) is 0 Å². The Morgan fingerprint density at radius 3 is 2.28 bits per heavy atom. The number of aromatic nitrogens is 4. The van der Waals surface area contributed by atoms with Gasteiger partial charge in [0.2, 0.25) is 5.91 Å². The molecule has 0 unspecified atom stereocenters. The third-order valence-corrected chi connectivity index (χ3v) is 7.91. The Labute approximate surface area is 232 Å². The predicted molar refractivity (Wildman–Crippen MR) is 156 cm³/mol. The van der Waals surface area contributed by atoms with E-state index in [2.05, 4.69) is 17.0 Å². The summed E-state index contributed by atoms with van der Waals surface area (Å²) in [4.78, 5) is 28.5. The van der Waals surface area contributed by atoms with Gasteiger partial charge in [-0.05, 0) is 36.2 Å². The fourth-order valence-electron chi connectivity index (χ4n) is 4.93. The summed E-state index contributed by atoms with van der Waals surface area (Å²) in [5, 5.41) is 5.64. The Balaban J connectivity index is 1.27. The van der Waals surface area contributed by atoms with Crippen LogP contribution >= 0.6 is 11.8 Å². The molecule has 7 nitrogen and oxygen atoms in total. The number of hydrogen-bond acceptors (Lipinski definition) is 6. The van der Waals surface area contributed by atoms with E-state index in [0.717, 1.165) is 64.9 Å². The number of fused-ring (bicyclic) bond motifs is 1. The highest BCUT2D eigenvalue weighted by Crippen LogP contribution is 2.28. The molecule has 1 aliphatic heterocycles. The normalized spacial score (nSPS) is 13.9. The smallest absolute Gasteiger partial charge is 0.232 e. The summed E-state index contributed by atoms with van der Waals surface area (Å²) >= 11 is 1.60. The van der Waals surface area contributed by atoms with Crippen molar-refractivity contribution in [1.82, 2.24) is 24.6 Å². The van der Waals surface area contributed by atoms with Crippen molar-refractivity contribution in [3.8, 4) is 5.69 Å². The van der Waals surface area contributed by atoms with Gasteiger partial charge in [0.05, 0.1) is 23.0 Å². The van der Waals surface area contributed by atoms with Crippen molar-refractivity contribution in [2.24, 2.45) is 0 Å². The van der Waals surface area contributed by atoms with E-state index < -0.39 is 0 Å². The summed E-state index contributed by atoms with van der Waals surface area (Å²) in [6.45, 7) is 2.96. The minimum Gasteiger partial charge on any atom is -0.354 e. The number of carbonyl (C=O) groups is 1. The molecule has 0 bridgehead atoms. The van der Waals surface area contributed by atoms with Gasteiger partial charge in [0.15, 0.2) is 5.65 Å². The zero-order valence-corrected chi connectivity index (χ0v) is 22.5. The van der Waals surface area contributed by atoms with Gasteiger partial charge in [0.1, 0.15) is 11.6 Å². The van der Waals surface area contributed by atoms with Crippen LogP contribution in [0, 0.1) is 0 Å². The Morgan fingerprint density at radius 1 is 0.795 bits per heavy atom. The molecule has 5 aromatic rings. The lowest BCUT2D eigenvalue weighted by molar-refractivity contribution is -0.128. The molecular formula is C31H30N6OS. The summed E-state index contributed by atoms with van der Waals surface area (Å²) in [7, 11) is 0. The second kappa shape index (κ2) is 11.7. The Bertz CT molecular complexity index is 1540. The lowest BCUT2D eigenvalue weighted by Crippen LogP contribution is -2.36. The van der Waals surface area contributed by atoms with Crippen LogP contribution in [0.5, 0.6) is 0 Å². The van der Waals surface area contributed by atoms with E-state index in [1.807, 2.05) is 94.6 Å². The molecule has 1 saturated heterocycles. The van der Waals surface area contributed by atoms with Crippen molar-refractivity contribution in [3.63, 3.8) is 0 Å². The molecule has 0 saturated carbocycles. The topological polar surface area (TPSA) is 67.2 Å². The van der Waals surface area contributed by atoms with E-state index in [-0.39, 0.29) is 5.91 Å². The monoisotopic (exact) mass is 534 g/mol. The number of carbonyl (C=O) groups excluding carboxylic acids is 1. The first-order valence-electron chi connectivity index (χ1n) is 13.3. The van der Waals surface area contributed by atoms with Crippen LogP contribution < -0.4 is 4.90 Å². The third-order valence-electron chi connectivity index (χ3n) is 6.91. The minimum atomic E-state index is 0.181. The molecule has 3 aromatic carbocycles. The van der Waals surface area contributed by atoms with E-state index in [9.17, 15) is 4.79 Å². The largest absolute Gasteiger partial charge is 0.354 e. The number of rotatable bonds is 7. The number of benzene rings is 3. The number of nitrogens with zero attached hydrogens (tertiary/aromatic N) is 6. The molecule has 8 heteroatoms. The summed E-state index contributed by atoms with van der Waals surface area (Å²) in [6.07, 6.45) is 3.39. The van der Waals surface area contributed by atoms with E-state index in [1.54, 1.807) is 11.8 Å². The first kappa shape index (κ1) is 25.1. The average molecular weight is 535 g/mol. The number of amides is 1. The first-order valence-corrected chi connectivity index (χ1v) is 14.3. The lowest BCUT2D eigenvalue weighted by atomic mass is 10.1. The highest BCUT2D eigenvalue weighted by Gasteiger charge is 2.23. The van der Waals surface area contributed by atoms with Gasteiger partial charge in [-0.25, -0.2) is 14.6 Å². The Morgan fingerprint density at radius 2 is 1.51 bits per heavy atom. The fourth-order valence-corrected chi connectivity index (χ4v) is 5.75. The quantitative estimate of drug-likeness (QED) is 0.266. The molecule has 0 N–H and O–H groups in total. The molecule has 1 amide bonds. The molecule has 1 aliphatic rings. The number of hydrogen-bond donors (Lipinski definition) is 0. The predicted octanol–water partition coefficient (Wildman–Crippen LogP) is 5.24. The van der Waals surface area contributed by atoms with Gasteiger partial charge in [0.25, 0.3) is 0 Å². The Kier molecular flexibility index (Phi) is 7.54. The van der Waals surface area contributed by atoms with Crippen LogP contribution in [0.4, 0.5) is 5.82 Å². The van der Waals surface area contributed by atoms with Crippen LogP contribution in [0.25, 0.3) is 16.7 Å². The van der Waals surface area contributed by atoms with E-state index in [0.29, 0.717) is 18.7 Å². The Hall–Kier alpha value is -4.17. The SMILES string of the molecule is O=C(CSc1ccccc1)N1CCCN(c2nc(Cc3ccccc3)nc3c2cnn3-c2ccccc2)CC1. The lowest BCUT2D eigenvalue weighted by Gasteiger charge is -2.24. The molecule has 1 fully saturated rings. The number of para-hydroxylation sites is 1. The second-order valence-electron chi connectivity index (χ2n) is 9.58. The van der Waals surface area contributed by atoms with E-state index in [1.165, 1.54) is 0 Å². The van der Waals surface area contributed by atoms with Gasteiger partial charge >= 0.3 is 0 Å². The highest BCUT2D eigenvalue weighted by atomic mass is 32.2. The number of thioether (sulfide) groups is 1. The summed E-state index contributed by atoms with van der Waals surface area (Å²) < 4.78 is 1.89. The zero-order valence-electron chi connectivity index (χ0n) is 21.7. The maximum atomic E-state index is 13.0. The molecule has 0 radical (unpaired) electrons. The van der Waals surface area contributed by atoms with Gasteiger partial charge in [-0.1, -0.05) is 66.7 Å². The average Bonchev–Trinajstić information content (AvgIpc) is 3.25. The molecule has 2 aromatic heterocycles. The van der Waals surface area contributed by atoms with Crippen LogP contribution in [0.15, 0.2) is 102 Å². The molecule has 39 heavy (non-hydrogen) atoms.